The van der Waals surface area contributed by atoms with Crippen molar-refractivity contribution in [3.63, 3.8) is 0 Å². The first-order chi connectivity index (χ1) is 28.6. The van der Waals surface area contributed by atoms with Crippen LogP contribution in [0.25, 0.3) is 66.8 Å². The second-order valence-corrected chi connectivity index (χ2v) is 23.3. The Morgan fingerprint density at radius 2 is 0.855 bits per heavy atom. The molecular formula is C42H34Cl8Fe2N4O6. The van der Waals surface area contributed by atoms with Crippen molar-refractivity contribution < 1.29 is 85.9 Å². The SMILES string of the molecule is COC(=O)c1ccccc1-c1c2ccc(=[NH2+])cc-2oc2cc(N)ccc12.COC(=O)c1ccccc1-c1c2ccc(=[NH2+])cc-2oc2cc(N)ccc12.[Cl-].[Cl-].[Cl][Fe]([Cl])[Cl].[Cl][Fe]([Cl])[Cl]. The quantitative estimate of drug-likeness (QED) is 0.0899. The Kier molecular flexibility index (Phi) is 20.6. The summed E-state index contributed by atoms with van der Waals surface area (Å²) < 4.78 is 22.0. The maximum atomic E-state index is 12.3. The predicted octanol–water partition coefficient (Wildman–Crippen LogP) is 2.61. The van der Waals surface area contributed by atoms with Gasteiger partial charge in [0.05, 0.1) is 37.5 Å². The minimum atomic E-state index is -1.33. The van der Waals surface area contributed by atoms with Crippen molar-refractivity contribution in [1.29, 1.82) is 0 Å². The van der Waals surface area contributed by atoms with Crippen molar-refractivity contribution in [2.75, 3.05) is 25.7 Å². The fourth-order valence-corrected chi connectivity index (χ4v) is 6.41. The Morgan fingerprint density at radius 3 is 1.19 bits per heavy atom. The molecule has 2 heterocycles. The van der Waals surface area contributed by atoms with Crippen molar-refractivity contribution >= 4 is 106 Å². The normalized spacial score (nSPS) is 10.6. The van der Waals surface area contributed by atoms with Gasteiger partial charge in [-0.3, -0.25) is 10.8 Å². The third-order valence-corrected chi connectivity index (χ3v) is 8.74. The summed E-state index contributed by atoms with van der Waals surface area (Å²) in [7, 11) is 32.1. The number of halogens is 8. The number of hydrogen-bond acceptors (Lipinski definition) is 8. The van der Waals surface area contributed by atoms with Gasteiger partial charge in [-0.05, 0) is 59.7 Å². The van der Waals surface area contributed by atoms with E-state index in [-0.39, 0.29) is 24.8 Å². The number of benzene rings is 6. The van der Waals surface area contributed by atoms with E-state index < -0.39 is 34.3 Å². The molecule has 4 aromatic carbocycles. The van der Waals surface area contributed by atoms with Gasteiger partial charge >= 0.3 is 94.9 Å². The molecule has 0 radical (unpaired) electrons. The average molecular weight is 1090 g/mol. The molecule has 0 aromatic heterocycles. The molecular weight excluding hydrogens is 1050 g/mol. The van der Waals surface area contributed by atoms with Crippen molar-refractivity contribution in [3.05, 3.63) is 143 Å². The van der Waals surface area contributed by atoms with Gasteiger partial charge in [-0.15, -0.1) is 0 Å². The average Bonchev–Trinajstić information content (AvgIpc) is 3.21. The molecule has 0 fully saturated rings. The van der Waals surface area contributed by atoms with E-state index in [4.69, 9.17) is 101 Å². The van der Waals surface area contributed by atoms with E-state index in [1.165, 1.54) is 14.2 Å². The first-order valence-corrected chi connectivity index (χ1v) is 26.1. The number of rotatable bonds is 4. The minimum absolute atomic E-state index is 0. The van der Waals surface area contributed by atoms with Gasteiger partial charge in [0.2, 0.25) is 0 Å². The number of anilines is 2. The number of ether oxygens (including phenoxy) is 2. The second kappa shape index (κ2) is 24.3. The van der Waals surface area contributed by atoms with Gasteiger partial charge in [0.25, 0.3) is 0 Å². The van der Waals surface area contributed by atoms with Crippen LogP contribution < -0.4 is 57.8 Å². The van der Waals surface area contributed by atoms with Crippen LogP contribution in [0.5, 0.6) is 0 Å². The predicted molar refractivity (Wildman–Crippen MR) is 233 cm³/mol. The molecule has 0 bridgehead atoms. The number of nitrogen functional groups attached to an aromatic ring is 2. The molecule has 8 rings (SSSR count). The van der Waals surface area contributed by atoms with Gasteiger partial charge in [0.1, 0.15) is 22.7 Å². The number of nitrogens with two attached hydrogens (primary N) is 4. The third-order valence-electron chi connectivity index (χ3n) is 8.74. The van der Waals surface area contributed by atoms with E-state index in [9.17, 15) is 9.59 Å². The first-order valence-electron chi connectivity index (χ1n) is 17.0. The van der Waals surface area contributed by atoms with Crippen LogP contribution in [0.4, 0.5) is 11.4 Å². The summed E-state index contributed by atoms with van der Waals surface area (Å²) in [5.74, 6) is 0.456. The second-order valence-electron chi connectivity index (χ2n) is 12.4. The van der Waals surface area contributed by atoms with Crippen LogP contribution in [0, 0.1) is 0 Å². The van der Waals surface area contributed by atoms with Crippen molar-refractivity contribution in [2.45, 2.75) is 0 Å². The van der Waals surface area contributed by atoms with Crippen LogP contribution in [0.15, 0.2) is 130 Å². The topological polar surface area (TPSA) is 182 Å². The number of carbonyl (C=O) groups excluding carboxylic acids is 2. The van der Waals surface area contributed by atoms with Gasteiger partial charge in [-0.1, -0.05) is 36.4 Å². The van der Waals surface area contributed by atoms with Gasteiger partial charge in [0, 0.05) is 68.7 Å². The molecule has 330 valence electrons. The number of hydrogen-bond donors (Lipinski definition) is 4. The molecule has 0 unspecified atom stereocenters. The molecule has 20 heteroatoms. The Balaban J connectivity index is 0.000000274. The Bertz CT molecular complexity index is 2680. The van der Waals surface area contributed by atoms with E-state index in [0.29, 0.717) is 55.9 Å². The number of esters is 2. The van der Waals surface area contributed by atoms with Gasteiger partial charge in [-0.2, -0.15) is 0 Å². The molecule has 0 atom stereocenters. The van der Waals surface area contributed by atoms with Crippen molar-refractivity contribution in [3.8, 4) is 44.9 Å². The molecule has 4 aromatic rings. The molecule has 62 heavy (non-hydrogen) atoms. The Morgan fingerprint density at radius 1 is 0.516 bits per heavy atom. The summed E-state index contributed by atoms with van der Waals surface area (Å²) in [6.07, 6.45) is 0. The van der Waals surface area contributed by atoms with Crippen molar-refractivity contribution in [1.82, 2.24) is 0 Å². The van der Waals surface area contributed by atoms with Crippen molar-refractivity contribution in [2.24, 2.45) is 0 Å². The van der Waals surface area contributed by atoms with Gasteiger partial charge in [0.15, 0.2) is 10.7 Å². The number of fused-ring (bicyclic) bond motifs is 4. The number of methoxy groups -OCH3 is 2. The third kappa shape index (κ3) is 13.1. The summed E-state index contributed by atoms with van der Waals surface area (Å²) in [6.45, 7) is 0. The Hall–Kier alpha value is -3.84. The fraction of sp³-hybridized carbons (Fsp3) is 0.0476. The van der Waals surface area contributed by atoms with Crippen LogP contribution in [-0.2, 0) is 31.8 Å². The molecule has 0 saturated carbocycles. The first kappa shape index (κ1) is 52.5. The van der Waals surface area contributed by atoms with E-state index in [1.54, 1.807) is 36.4 Å². The maximum absolute atomic E-state index is 12.3. The van der Waals surface area contributed by atoms with E-state index in [1.807, 2.05) is 84.9 Å². The van der Waals surface area contributed by atoms with Gasteiger partial charge in [-0.25, -0.2) is 9.59 Å². The van der Waals surface area contributed by atoms with Crippen LogP contribution >= 0.6 is 60.6 Å². The molecule has 4 aliphatic rings. The van der Waals surface area contributed by atoms with Crippen LogP contribution in [-0.4, -0.2) is 26.2 Å². The van der Waals surface area contributed by atoms with E-state index in [0.717, 1.165) is 44.2 Å². The molecule has 0 saturated heterocycles. The zero-order valence-electron chi connectivity index (χ0n) is 32.0. The van der Waals surface area contributed by atoms with Crippen LogP contribution in [0.1, 0.15) is 20.7 Å². The standard InChI is InChI=1S/2C21H16N2O3.8ClH.2Fe/c2*1-25-21(24)15-5-3-2-4-14(15)20-16-8-6-12(22)10-18(16)26-19-11-13(23)7-9-17(19)20;;;;;;;;;;/h2*2-11,22H,23H2,1H3;8*1H;;/q;;;;;;;;;;2*+3/p-6. The zero-order chi connectivity index (χ0) is 43.7. The zero-order valence-corrected chi connectivity index (χ0v) is 40.3. The molecule has 0 spiro atoms. The van der Waals surface area contributed by atoms with E-state index in [2.05, 4.69) is 0 Å². The van der Waals surface area contributed by atoms with E-state index >= 15 is 0 Å². The molecule has 2 aliphatic carbocycles. The summed E-state index contributed by atoms with van der Waals surface area (Å²) in [4.78, 5) is 24.6. The molecule has 0 amide bonds. The monoisotopic (exact) mass is 1080 g/mol. The van der Waals surface area contributed by atoms with Crippen LogP contribution in [0.2, 0.25) is 0 Å². The van der Waals surface area contributed by atoms with Crippen LogP contribution in [0.3, 0.4) is 0 Å². The number of carbonyl (C=O) groups is 2. The molecule has 8 N–H and O–H groups in total. The summed E-state index contributed by atoms with van der Waals surface area (Å²) >= 11 is -2.67. The summed E-state index contributed by atoms with van der Waals surface area (Å²) in [5, 5.41) is 14.8. The summed E-state index contributed by atoms with van der Waals surface area (Å²) in [5.41, 5.74) is 20.2. The van der Waals surface area contributed by atoms with Gasteiger partial charge < -0.3 is 54.6 Å². The molecule has 2 aliphatic heterocycles. The fourth-order valence-electron chi connectivity index (χ4n) is 6.41. The summed E-state index contributed by atoms with van der Waals surface area (Å²) in [6, 6.07) is 36.6. The molecule has 10 nitrogen and oxygen atoms in total. The Labute approximate surface area is 401 Å².